The molecule has 1 radical (unpaired) electrons. The van der Waals surface area contributed by atoms with Gasteiger partial charge in [0.1, 0.15) is 0 Å². The maximum Gasteiger partial charge on any atom is 0 e. The van der Waals surface area contributed by atoms with E-state index in [1.807, 2.05) is 35.7 Å². The van der Waals surface area contributed by atoms with Crippen molar-refractivity contribution in [2.45, 2.75) is 0 Å². The first-order chi connectivity index (χ1) is 4.91. The van der Waals surface area contributed by atoms with Gasteiger partial charge >= 0.3 is 0 Å². The second-order valence-corrected chi connectivity index (χ2v) is 1.54. The van der Waals surface area contributed by atoms with Gasteiger partial charge in [-0.3, -0.25) is 5.92 Å². The molecule has 0 fully saturated rings. The number of hydrogen-bond acceptors (Lipinski definition) is 0. The fourth-order valence-corrected chi connectivity index (χ4v) is 0.342. The van der Waals surface area contributed by atoms with Crippen molar-refractivity contribution in [1.82, 2.24) is 0 Å². The van der Waals surface area contributed by atoms with Crippen molar-refractivity contribution in [2.75, 3.05) is 0 Å². The average Bonchev–Trinajstić information content (AvgIpc) is 2.08. The molecule has 55 valence electrons. The van der Waals surface area contributed by atoms with Crippen molar-refractivity contribution >= 4 is 11.6 Å². The van der Waals surface area contributed by atoms with Crippen LogP contribution in [-0.2, 0) is 32.7 Å². The molecule has 0 unspecified atom stereocenters. The van der Waals surface area contributed by atoms with Crippen LogP contribution < -0.4 is 0 Å². The zero-order chi connectivity index (χ0) is 7.66. The summed E-state index contributed by atoms with van der Waals surface area (Å²) in [5.74, 6) is 2.20. The van der Waals surface area contributed by atoms with Crippen LogP contribution in [0.2, 0.25) is 0 Å². The predicted molar refractivity (Wildman–Crippen MR) is 44.3 cm³/mol. The first kappa shape index (κ1) is 13.6. The van der Waals surface area contributed by atoms with Crippen molar-refractivity contribution in [3.05, 3.63) is 43.3 Å². The minimum absolute atomic E-state index is 0. The van der Waals surface area contributed by atoms with E-state index in [2.05, 4.69) is 18.9 Å². The van der Waals surface area contributed by atoms with Gasteiger partial charge in [-0.05, 0) is 0 Å². The Kier molecular flexibility index (Phi) is 15.7. The zero-order valence-corrected chi connectivity index (χ0v) is 9.64. The number of hydrogen-bond donors (Lipinski definition) is 0. The van der Waals surface area contributed by atoms with Crippen LogP contribution in [0.4, 0.5) is 0 Å². The Labute approximate surface area is 98.2 Å². The topological polar surface area (TPSA) is 0 Å². The molecule has 0 atom stereocenters. The van der Waals surface area contributed by atoms with Gasteiger partial charge in [0.2, 0.25) is 0 Å². The van der Waals surface area contributed by atoms with E-state index in [4.69, 9.17) is 11.6 Å². The smallest absolute Gasteiger partial charge is 0 e. The molecule has 1 rings (SSSR count). The van der Waals surface area contributed by atoms with E-state index in [0.29, 0.717) is 0 Å². The Bertz CT molecular complexity index is 165. The van der Waals surface area contributed by atoms with Gasteiger partial charge in [0, 0.05) is 32.7 Å². The van der Waals surface area contributed by atoms with Gasteiger partial charge in [0.25, 0.3) is 0 Å². The van der Waals surface area contributed by atoms with Crippen LogP contribution in [0.5, 0.6) is 0 Å². The van der Waals surface area contributed by atoms with E-state index in [1.54, 1.807) is 0 Å². The van der Waals surface area contributed by atoms with Crippen LogP contribution in [0.15, 0.2) is 30.3 Å². The van der Waals surface area contributed by atoms with Crippen LogP contribution in [0.3, 0.4) is 0 Å². The first-order valence-electron chi connectivity index (χ1n) is 2.70. The first-order valence-corrected chi connectivity index (χ1v) is 3.08. The summed E-state index contributed by atoms with van der Waals surface area (Å²) in [6.45, 7) is 3.11. The van der Waals surface area contributed by atoms with Gasteiger partial charge in [-0.25, -0.2) is 5.38 Å². The molecular weight excluding hydrogens is 232 g/mol. The maximum atomic E-state index is 4.76. The summed E-state index contributed by atoms with van der Waals surface area (Å²) in [6.07, 6.45) is 0. The van der Waals surface area contributed by atoms with E-state index in [9.17, 15) is 0 Å². The summed E-state index contributed by atoms with van der Waals surface area (Å²) in [5.41, 5.74) is 0. The predicted octanol–water partition coefficient (Wildman–Crippen LogP) is 2.50. The quantitative estimate of drug-likeness (QED) is 0.482. The Morgan fingerprint density at radius 1 is 1.18 bits per heavy atom. The van der Waals surface area contributed by atoms with Gasteiger partial charge in [0.15, 0.2) is 0 Å². The molecule has 0 aliphatic carbocycles. The van der Waals surface area contributed by atoms with Crippen LogP contribution in [0.1, 0.15) is 0 Å². The van der Waals surface area contributed by atoms with Crippen molar-refractivity contribution in [3.8, 4) is 11.3 Å². The summed E-state index contributed by atoms with van der Waals surface area (Å²) >= 11 is 4.76. The van der Waals surface area contributed by atoms with Crippen LogP contribution >= 0.6 is 11.6 Å². The Morgan fingerprint density at radius 2 is 1.64 bits per heavy atom. The zero-order valence-electron chi connectivity index (χ0n) is 6.05. The van der Waals surface area contributed by atoms with Crippen molar-refractivity contribution < 1.29 is 32.7 Å². The van der Waals surface area contributed by atoms with Crippen LogP contribution in [-0.4, -0.2) is 0 Å². The van der Waals surface area contributed by atoms with Gasteiger partial charge in [-0.15, -0.1) is 0 Å². The van der Waals surface area contributed by atoms with Gasteiger partial charge in [0.05, 0.1) is 0 Å². The molecule has 11 heavy (non-hydrogen) atoms. The van der Waals surface area contributed by atoms with E-state index in [1.165, 1.54) is 0 Å². The summed E-state index contributed by atoms with van der Waals surface area (Å²) < 4.78 is 0. The summed E-state index contributed by atoms with van der Waals surface area (Å²) in [4.78, 5) is 0. The number of benzene rings is 1. The van der Waals surface area contributed by atoms with Gasteiger partial charge < -0.3 is 0 Å². The number of halogens is 1. The van der Waals surface area contributed by atoms with E-state index in [-0.39, 0.29) is 32.7 Å². The minimum atomic E-state index is 0. The molecule has 0 aliphatic rings. The van der Waals surface area contributed by atoms with Crippen molar-refractivity contribution in [2.24, 2.45) is 0 Å². The molecule has 1 aromatic carbocycles. The fourth-order valence-electron chi connectivity index (χ4n) is 0.342. The SMILES string of the molecule is [CH2-]C#CCl.[Y].[c-]1ccccc1. The third-order valence-electron chi connectivity index (χ3n) is 0.674. The molecule has 0 amide bonds. The average molecular weight is 240 g/mol. The largest absolute Gasteiger partial charge is 0.281 e. The molecule has 0 nitrogen and oxygen atoms in total. The maximum absolute atomic E-state index is 4.76. The summed E-state index contributed by atoms with van der Waals surface area (Å²) in [6, 6.07) is 12.5. The molecule has 0 bridgehead atoms. The van der Waals surface area contributed by atoms with E-state index >= 15 is 0 Å². The molecular formula is C9H7ClY-2. The molecule has 0 N–H and O–H groups in total. The van der Waals surface area contributed by atoms with Crippen LogP contribution in [0, 0.1) is 24.3 Å². The third-order valence-corrected chi connectivity index (χ3v) is 0.808. The summed E-state index contributed by atoms with van der Waals surface area (Å²) in [7, 11) is 0. The van der Waals surface area contributed by atoms with Crippen LogP contribution in [0.25, 0.3) is 0 Å². The molecule has 0 aromatic heterocycles. The molecule has 0 saturated carbocycles. The summed E-state index contributed by atoms with van der Waals surface area (Å²) in [5, 5.41) is 2.04. The second-order valence-electron chi connectivity index (χ2n) is 1.35. The normalized spacial score (nSPS) is 5.55. The Hall–Kier alpha value is 0.0439. The van der Waals surface area contributed by atoms with E-state index < -0.39 is 0 Å². The number of rotatable bonds is 0. The third kappa shape index (κ3) is 13.1. The molecule has 0 saturated heterocycles. The molecule has 0 spiro atoms. The van der Waals surface area contributed by atoms with Crippen molar-refractivity contribution in [1.29, 1.82) is 0 Å². The van der Waals surface area contributed by atoms with E-state index in [0.717, 1.165) is 0 Å². The minimum Gasteiger partial charge on any atom is -0.281 e. The van der Waals surface area contributed by atoms with Gasteiger partial charge in [-0.2, -0.15) is 54.9 Å². The van der Waals surface area contributed by atoms with Gasteiger partial charge in [-0.1, -0.05) is 0 Å². The molecule has 2 heteroatoms. The molecule has 0 aliphatic heterocycles. The van der Waals surface area contributed by atoms with Crippen molar-refractivity contribution in [3.63, 3.8) is 0 Å². The standard InChI is InChI=1S/C6H5.C3H2Cl.Y/c1-2-4-6-5-3-1;1-2-3-4;/h1-5H;1H2;/q2*-1;. The monoisotopic (exact) mass is 239 g/mol. The Morgan fingerprint density at radius 3 is 1.73 bits per heavy atom. The fraction of sp³-hybridized carbons (Fsp3) is 0. The molecule has 1 aromatic rings. The Balaban J connectivity index is 0. The second kappa shape index (κ2) is 12.7. The molecule has 0 heterocycles.